The van der Waals surface area contributed by atoms with Gasteiger partial charge >= 0.3 is 0 Å². The Morgan fingerprint density at radius 1 is 1.30 bits per heavy atom. The van der Waals surface area contributed by atoms with Crippen LogP contribution in [-0.2, 0) is 9.59 Å². The number of nitrogens with one attached hydrogen (secondary N) is 2. The molecule has 0 atom stereocenters. The molecule has 0 bridgehead atoms. The molecule has 0 spiro atoms. The van der Waals surface area contributed by atoms with Gasteiger partial charge in [0.2, 0.25) is 5.91 Å². The average Bonchev–Trinajstić information content (AvgIpc) is 2.51. The molecule has 2 rings (SSSR count). The van der Waals surface area contributed by atoms with Crippen molar-refractivity contribution in [3.05, 3.63) is 23.8 Å². The summed E-state index contributed by atoms with van der Waals surface area (Å²) in [5, 5.41) is 5.43. The maximum Gasteiger partial charge on any atom is 0.262 e. The summed E-state index contributed by atoms with van der Waals surface area (Å²) in [4.78, 5) is 37.1. The third-order valence-electron chi connectivity index (χ3n) is 3.39. The number of carbonyl (C=O) groups excluding carboxylic acids is 3. The van der Waals surface area contributed by atoms with E-state index in [0.29, 0.717) is 23.5 Å². The van der Waals surface area contributed by atoms with E-state index in [1.165, 1.54) is 0 Å². The predicted octanol–water partition coefficient (Wildman–Crippen LogP) is 0.658. The highest BCUT2D eigenvalue weighted by Gasteiger charge is 2.18. The van der Waals surface area contributed by atoms with Crippen molar-refractivity contribution in [3.63, 3.8) is 0 Å². The number of likely N-dealkylation sites (N-methyl/N-ethyl adjacent to an activating group) is 1. The number of nitrogens with zero attached hydrogens (tertiary/aromatic N) is 1. The molecule has 23 heavy (non-hydrogen) atoms. The Bertz CT molecular complexity index is 613. The number of hydrogen-bond donors (Lipinski definition) is 2. The summed E-state index contributed by atoms with van der Waals surface area (Å²) < 4.78 is 5.24. The van der Waals surface area contributed by atoms with Gasteiger partial charge in [-0.3, -0.25) is 14.4 Å². The number of hydrogen-bond acceptors (Lipinski definition) is 5. The molecule has 0 saturated heterocycles. The molecule has 7 nitrogen and oxygen atoms in total. The topological polar surface area (TPSA) is 87.7 Å². The third-order valence-corrected chi connectivity index (χ3v) is 3.39. The molecule has 2 N–H and O–H groups in total. The number of fused-ring (bicyclic) bond motifs is 1. The van der Waals surface area contributed by atoms with Gasteiger partial charge in [0.05, 0.1) is 5.69 Å². The van der Waals surface area contributed by atoms with Gasteiger partial charge in [0, 0.05) is 31.5 Å². The van der Waals surface area contributed by atoms with Crippen LogP contribution in [0.25, 0.3) is 0 Å². The quantitative estimate of drug-likeness (QED) is 0.721. The monoisotopic (exact) mass is 319 g/mol. The maximum absolute atomic E-state index is 12.2. The molecule has 0 fully saturated rings. The van der Waals surface area contributed by atoms with Crippen molar-refractivity contribution in [3.8, 4) is 5.75 Å². The molecular formula is C16H21N3O4. The summed E-state index contributed by atoms with van der Waals surface area (Å²) in [5.41, 5.74) is 0.943. The van der Waals surface area contributed by atoms with E-state index < -0.39 is 0 Å². The lowest BCUT2D eigenvalue weighted by Crippen LogP contribution is -2.31. The van der Waals surface area contributed by atoms with Crippen LogP contribution < -0.4 is 15.4 Å². The Morgan fingerprint density at radius 2 is 2.09 bits per heavy atom. The van der Waals surface area contributed by atoms with E-state index in [1.54, 1.807) is 18.2 Å². The maximum atomic E-state index is 12.2. The van der Waals surface area contributed by atoms with E-state index in [9.17, 15) is 14.4 Å². The summed E-state index contributed by atoms with van der Waals surface area (Å²) in [6, 6.07) is 4.88. The molecule has 2 amide bonds. The van der Waals surface area contributed by atoms with Gasteiger partial charge in [0.15, 0.2) is 12.4 Å². The van der Waals surface area contributed by atoms with Crippen LogP contribution in [0.1, 0.15) is 23.2 Å². The number of anilines is 1. The van der Waals surface area contributed by atoms with E-state index in [4.69, 9.17) is 4.74 Å². The van der Waals surface area contributed by atoms with E-state index in [1.807, 2.05) is 19.0 Å². The fourth-order valence-electron chi connectivity index (χ4n) is 2.14. The first-order valence-corrected chi connectivity index (χ1v) is 7.47. The van der Waals surface area contributed by atoms with Gasteiger partial charge in [-0.25, -0.2) is 0 Å². The van der Waals surface area contributed by atoms with Gasteiger partial charge in [-0.15, -0.1) is 0 Å². The highest BCUT2D eigenvalue weighted by Crippen LogP contribution is 2.28. The van der Waals surface area contributed by atoms with Crippen LogP contribution in [0.5, 0.6) is 5.75 Å². The normalized spacial score (nSPS) is 13.1. The first kappa shape index (κ1) is 17.0. The molecule has 0 unspecified atom stereocenters. The molecule has 1 aliphatic heterocycles. The lowest BCUT2D eigenvalue weighted by Gasteiger charge is -2.18. The van der Waals surface area contributed by atoms with Crippen molar-refractivity contribution in [2.45, 2.75) is 12.8 Å². The smallest absolute Gasteiger partial charge is 0.262 e. The number of carbonyl (C=O) groups is 3. The Labute approximate surface area is 135 Å². The second-order valence-corrected chi connectivity index (χ2v) is 5.62. The van der Waals surface area contributed by atoms with Crippen LogP contribution in [0.4, 0.5) is 5.69 Å². The minimum Gasteiger partial charge on any atom is -0.482 e. The number of benzene rings is 1. The Hall–Kier alpha value is -2.41. The first-order valence-electron chi connectivity index (χ1n) is 7.47. The predicted molar refractivity (Wildman–Crippen MR) is 85.7 cm³/mol. The molecule has 1 aliphatic rings. The molecule has 1 heterocycles. The number of rotatable bonds is 7. The lowest BCUT2D eigenvalue weighted by molar-refractivity contribution is -0.121. The molecule has 1 aromatic carbocycles. The molecule has 0 saturated carbocycles. The van der Waals surface area contributed by atoms with Crippen LogP contribution >= 0.6 is 0 Å². The van der Waals surface area contributed by atoms with Gasteiger partial charge in [-0.1, -0.05) is 0 Å². The minimum atomic E-state index is -0.248. The van der Waals surface area contributed by atoms with Crippen LogP contribution in [0.3, 0.4) is 0 Å². The van der Waals surface area contributed by atoms with Crippen molar-refractivity contribution in [1.29, 1.82) is 0 Å². The Kier molecular flexibility index (Phi) is 5.70. The lowest BCUT2D eigenvalue weighted by atomic mass is 10.0. The van der Waals surface area contributed by atoms with Crippen LogP contribution in [0.2, 0.25) is 0 Å². The summed E-state index contributed by atoms with van der Waals surface area (Å²) in [7, 11) is 3.85. The molecule has 1 aromatic rings. The summed E-state index contributed by atoms with van der Waals surface area (Å²) in [5.74, 6) is 0.00938. The zero-order chi connectivity index (χ0) is 16.8. The molecule has 0 aliphatic carbocycles. The first-order chi connectivity index (χ1) is 11.0. The summed E-state index contributed by atoms with van der Waals surface area (Å²) in [6.07, 6.45) is 0.271. The minimum absolute atomic E-state index is 0.0204. The van der Waals surface area contributed by atoms with Crippen LogP contribution in [0.15, 0.2) is 18.2 Å². The van der Waals surface area contributed by atoms with Gasteiger partial charge in [-0.2, -0.15) is 0 Å². The highest BCUT2D eigenvalue weighted by atomic mass is 16.5. The second-order valence-electron chi connectivity index (χ2n) is 5.62. The van der Waals surface area contributed by atoms with Crippen LogP contribution in [-0.4, -0.2) is 56.3 Å². The molecule has 7 heteroatoms. The van der Waals surface area contributed by atoms with Gasteiger partial charge in [0.25, 0.3) is 5.91 Å². The zero-order valence-corrected chi connectivity index (χ0v) is 13.3. The average molecular weight is 319 g/mol. The third kappa shape index (κ3) is 5.07. The molecule has 0 radical (unpaired) electrons. The van der Waals surface area contributed by atoms with Crippen molar-refractivity contribution in [2.75, 3.05) is 39.1 Å². The van der Waals surface area contributed by atoms with Crippen molar-refractivity contribution < 1.29 is 19.1 Å². The molecule has 124 valence electrons. The van der Waals surface area contributed by atoms with Gasteiger partial charge < -0.3 is 20.3 Å². The van der Waals surface area contributed by atoms with Gasteiger partial charge in [0.1, 0.15) is 5.75 Å². The second kappa shape index (κ2) is 7.73. The van der Waals surface area contributed by atoms with Crippen molar-refractivity contribution >= 4 is 23.3 Å². The van der Waals surface area contributed by atoms with E-state index in [2.05, 4.69) is 10.6 Å². The highest BCUT2D eigenvalue weighted by molar-refractivity contribution is 6.01. The van der Waals surface area contributed by atoms with Crippen molar-refractivity contribution in [1.82, 2.24) is 10.2 Å². The molecular weight excluding hydrogens is 298 g/mol. The Balaban J connectivity index is 1.85. The van der Waals surface area contributed by atoms with E-state index >= 15 is 0 Å². The summed E-state index contributed by atoms with van der Waals surface area (Å²) >= 11 is 0. The van der Waals surface area contributed by atoms with Crippen LogP contribution in [0, 0.1) is 0 Å². The molecule has 0 aromatic heterocycles. The largest absolute Gasteiger partial charge is 0.482 e. The summed E-state index contributed by atoms with van der Waals surface area (Å²) in [6.45, 7) is 1.29. The van der Waals surface area contributed by atoms with Crippen molar-refractivity contribution in [2.24, 2.45) is 0 Å². The Morgan fingerprint density at radius 3 is 2.83 bits per heavy atom. The van der Waals surface area contributed by atoms with E-state index in [-0.39, 0.29) is 37.0 Å². The fraction of sp³-hybridized carbons (Fsp3) is 0.438. The number of Topliss-reactive ketones (excluding diaryl/α,β-unsaturated/α-hetero) is 1. The zero-order valence-electron chi connectivity index (χ0n) is 13.3. The number of ketones is 1. The standard InChI is InChI=1S/C16H21N3O4/c1-19(2)8-7-17-15(21)6-4-13(20)11-3-5-14-12(9-11)18-16(22)10-23-14/h3,5,9H,4,6-8,10H2,1-2H3,(H,17,21)(H,18,22). The fourth-order valence-corrected chi connectivity index (χ4v) is 2.14. The number of amides is 2. The van der Waals surface area contributed by atoms with E-state index in [0.717, 1.165) is 6.54 Å². The SMILES string of the molecule is CN(C)CCNC(=O)CCC(=O)c1ccc2c(c1)NC(=O)CO2. The number of ether oxygens (including phenoxy) is 1. The van der Waals surface area contributed by atoms with Gasteiger partial charge in [-0.05, 0) is 32.3 Å².